The monoisotopic (exact) mass is 252 g/mol. The van der Waals surface area contributed by atoms with Crippen molar-refractivity contribution in [2.24, 2.45) is 17.4 Å². The lowest BCUT2D eigenvalue weighted by Crippen LogP contribution is -2.46. The van der Waals surface area contributed by atoms with Crippen molar-refractivity contribution in [1.29, 1.82) is 5.26 Å². The Labute approximate surface area is 109 Å². The van der Waals surface area contributed by atoms with Crippen LogP contribution in [0.3, 0.4) is 0 Å². The van der Waals surface area contributed by atoms with Crippen LogP contribution in [0, 0.1) is 17.2 Å². The van der Waals surface area contributed by atoms with E-state index in [1.807, 2.05) is 0 Å². The molecule has 18 heavy (non-hydrogen) atoms. The van der Waals surface area contributed by atoms with Crippen LogP contribution in [0.15, 0.2) is 0 Å². The Morgan fingerprint density at radius 1 is 1.56 bits per heavy atom. The highest BCUT2D eigenvalue weighted by Crippen LogP contribution is 2.22. The van der Waals surface area contributed by atoms with Crippen molar-refractivity contribution >= 4 is 5.91 Å². The van der Waals surface area contributed by atoms with Gasteiger partial charge in [-0.3, -0.25) is 9.69 Å². The van der Waals surface area contributed by atoms with Crippen molar-refractivity contribution in [3.05, 3.63) is 0 Å². The summed E-state index contributed by atoms with van der Waals surface area (Å²) in [5.74, 6) is -0.228. The van der Waals surface area contributed by atoms with Gasteiger partial charge in [0.25, 0.3) is 0 Å². The summed E-state index contributed by atoms with van der Waals surface area (Å²) < 4.78 is 0. The summed E-state index contributed by atoms with van der Waals surface area (Å²) in [6, 6.07) is 2.58. The molecule has 0 aliphatic carbocycles. The number of rotatable bonds is 5. The number of nitrogens with zero attached hydrogens (tertiary/aromatic N) is 2. The van der Waals surface area contributed by atoms with E-state index in [1.165, 1.54) is 0 Å². The zero-order chi connectivity index (χ0) is 13.8. The molecule has 0 spiro atoms. The zero-order valence-corrected chi connectivity index (χ0v) is 11.4. The third kappa shape index (κ3) is 4.28. The maximum atomic E-state index is 11.2. The van der Waals surface area contributed by atoms with Gasteiger partial charge in [0.15, 0.2) is 0 Å². The summed E-state index contributed by atoms with van der Waals surface area (Å²) in [4.78, 5) is 13.5. The van der Waals surface area contributed by atoms with Gasteiger partial charge in [-0.05, 0) is 46.1 Å². The summed E-state index contributed by atoms with van der Waals surface area (Å²) in [5.41, 5.74) is 10.4. The van der Waals surface area contributed by atoms with Crippen LogP contribution in [-0.4, -0.2) is 35.5 Å². The molecule has 0 saturated carbocycles. The number of likely N-dealkylation sites (tertiary alicyclic amines) is 1. The van der Waals surface area contributed by atoms with Gasteiger partial charge in [0, 0.05) is 12.6 Å². The normalized spacial score (nSPS) is 28.3. The smallest absolute Gasteiger partial charge is 0.221 e. The molecular weight excluding hydrogens is 228 g/mol. The Kier molecular flexibility index (Phi) is 5.12. The highest BCUT2D eigenvalue weighted by atomic mass is 16.1. The average Bonchev–Trinajstić information content (AvgIpc) is 2.31. The summed E-state index contributed by atoms with van der Waals surface area (Å²) >= 11 is 0. The lowest BCUT2D eigenvalue weighted by Gasteiger charge is -2.37. The van der Waals surface area contributed by atoms with E-state index in [-0.39, 0.29) is 11.8 Å². The molecule has 0 aromatic rings. The Balaban J connectivity index is 2.40. The van der Waals surface area contributed by atoms with Gasteiger partial charge in [-0.15, -0.1) is 0 Å². The quantitative estimate of drug-likeness (QED) is 0.748. The van der Waals surface area contributed by atoms with Gasteiger partial charge in [-0.25, -0.2) is 0 Å². The first-order chi connectivity index (χ1) is 8.35. The molecule has 1 amide bonds. The number of hydrogen-bond donors (Lipinski definition) is 2. The summed E-state index contributed by atoms with van der Waals surface area (Å²) in [6.07, 6.45) is 3.44. The van der Waals surface area contributed by atoms with E-state index in [0.717, 1.165) is 32.4 Å². The van der Waals surface area contributed by atoms with E-state index < -0.39 is 5.54 Å². The minimum Gasteiger partial charge on any atom is -0.369 e. The SMILES string of the molecule is CC1CCC(C(N)=O)CN1CCCC(C)(N)C#N. The van der Waals surface area contributed by atoms with Gasteiger partial charge in [-0.1, -0.05) is 0 Å². The number of carbonyl (C=O) groups excluding carboxylic acids is 1. The molecule has 0 aromatic heterocycles. The Hall–Kier alpha value is -1.12. The van der Waals surface area contributed by atoms with Crippen LogP contribution >= 0.6 is 0 Å². The summed E-state index contributed by atoms with van der Waals surface area (Å²) in [7, 11) is 0. The maximum absolute atomic E-state index is 11.2. The van der Waals surface area contributed by atoms with Crippen LogP contribution in [0.4, 0.5) is 0 Å². The number of hydrogen-bond acceptors (Lipinski definition) is 4. The van der Waals surface area contributed by atoms with Gasteiger partial charge >= 0.3 is 0 Å². The number of nitriles is 1. The first-order valence-corrected chi connectivity index (χ1v) is 6.59. The molecule has 0 bridgehead atoms. The summed E-state index contributed by atoms with van der Waals surface area (Å²) in [6.45, 7) is 5.53. The summed E-state index contributed by atoms with van der Waals surface area (Å²) in [5, 5.41) is 8.85. The number of carbonyl (C=O) groups is 1. The lowest BCUT2D eigenvalue weighted by atomic mass is 9.92. The van der Waals surface area contributed by atoms with E-state index in [2.05, 4.69) is 17.9 Å². The van der Waals surface area contributed by atoms with Gasteiger partial charge in [0.05, 0.1) is 12.0 Å². The second kappa shape index (κ2) is 6.17. The Morgan fingerprint density at radius 3 is 2.78 bits per heavy atom. The molecule has 102 valence electrons. The minimum absolute atomic E-state index is 0.0265. The molecule has 1 fully saturated rings. The van der Waals surface area contributed by atoms with E-state index in [9.17, 15) is 4.79 Å². The molecule has 1 aliphatic heterocycles. The van der Waals surface area contributed by atoms with Crippen LogP contribution in [0.25, 0.3) is 0 Å². The van der Waals surface area contributed by atoms with Crippen LogP contribution in [0.1, 0.15) is 39.5 Å². The third-order valence-electron chi connectivity index (χ3n) is 3.81. The molecule has 1 heterocycles. The molecule has 3 atom stereocenters. The van der Waals surface area contributed by atoms with Crippen molar-refractivity contribution in [2.75, 3.05) is 13.1 Å². The highest BCUT2D eigenvalue weighted by Gasteiger charge is 2.28. The van der Waals surface area contributed by atoms with Crippen LogP contribution in [0.5, 0.6) is 0 Å². The van der Waals surface area contributed by atoms with Crippen molar-refractivity contribution in [3.63, 3.8) is 0 Å². The topological polar surface area (TPSA) is 96.1 Å². The van der Waals surface area contributed by atoms with Gasteiger partial charge in [-0.2, -0.15) is 5.26 Å². The molecule has 1 saturated heterocycles. The molecule has 5 heteroatoms. The molecule has 0 aromatic carbocycles. The van der Waals surface area contributed by atoms with Gasteiger partial charge in [0.2, 0.25) is 5.91 Å². The van der Waals surface area contributed by atoms with Crippen molar-refractivity contribution in [3.8, 4) is 6.07 Å². The number of piperidine rings is 1. The Morgan fingerprint density at radius 2 is 2.22 bits per heavy atom. The van der Waals surface area contributed by atoms with Crippen LogP contribution in [-0.2, 0) is 4.79 Å². The molecule has 1 aliphatic rings. The largest absolute Gasteiger partial charge is 0.369 e. The first-order valence-electron chi connectivity index (χ1n) is 6.59. The van der Waals surface area contributed by atoms with E-state index in [4.69, 9.17) is 16.7 Å². The van der Waals surface area contributed by atoms with Crippen molar-refractivity contribution in [1.82, 2.24) is 4.90 Å². The maximum Gasteiger partial charge on any atom is 0.221 e. The third-order valence-corrected chi connectivity index (χ3v) is 3.81. The molecular formula is C13H24N4O. The predicted molar refractivity (Wildman–Crippen MR) is 70.4 cm³/mol. The molecule has 4 N–H and O–H groups in total. The van der Waals surface area contributed by atoms with Crippen LogP contribution < -0.4 is 11.5 Å². The standard InChI is InChI=1S/C13H24N4O/c1-10-4-5-11(12(15)18)8-17(10)7-3-6-13(2,16)9-14/h10-11H,3-8,16H2,1-2H3,(H2,15,18). The van der Waals surface area contributed by atoms with E-state index >= 15 is 0 Å². The number of amides is 1. The fraction of sp³-hybridized carbons (Fsp3) is 0.846. The Bertz CT molecular complexity index is 334. The van der Waals surface area contributed by atoms with Gasteiger partial charge < -0.3 is 11.5 Å². The second-order valence-corrected chi connectivity index (χ2v) is 5.65. The number of nitrogens with two attached hydrogens (primary N) is 2. The second-order valence-electron chi connectivity index (χ2n) is 5.65. The lowest BCUT2D eigenvalue weighted by molar-refractivity contribution is -0.123. The van der Waals surface area contributed by atoms with E-state index in [0.29, 0.717) is 12.5 Å². The molecule has 1 rings (SSSR count). The average molecular weight is 252 g/mol. The zero-order valence-electron chi connectivity index (χ0n) is 11.4. The van der Waals surface area contributed by atoms with Gasteiger partial charge in [0.1, 0.15) is 5.54 Å². The molecule has 3 unspecified atom stereocenters. The number of primary amides is 1. The fourth-order valence-corrected chi connectivity index (χ4v) is 2.43. The van der Waals surface area contributed by atoms with Crippen molar-refractivity contribution < 1.29 is 4.79 Å². The minimum atomic E-state index is -0.748. The van der Waals surface area contributed by atoms with E-state index in [1.54, 1.807) is 6.92 Å². The highest BCUT2D eigenvalue weighted by molar-refractivity contribution is 5.76. The fourth-order valence-electron chi connectivity index (χ4n) is 2.43. The molecule has 5 nitrogen and oxygen atoms in total. The predicted octanol–water partition coefficient (Wildman–Crippen LogP) is 0.593. The molecule has 0 radical (unpaired) electrons. The van der Waals surface area contributed by atoms with Crippen molar-refractivity contribution in [2.45, 2.75) is 51.1 Å². The van der Waals surface area contributed by atoms with Crippen LogP contribution in [0.2, 0.25) is 0 Å². The first kappa shape index (κ1) is 14.9.